The first-order chi connectivity index (χ1) is 11.1. The second-order valence-electron chi connectivity index (χ2n) is 5.56. The van der Waals surface area contributed by atoms with Gasteiger partial charge < -0.3 is 10.5 Å². The second kappa shape index (κ2) is 8.58. The summed E-state index contributed by atoms with van der Waals surface area (Å²) in [6, 6.07) is 15.5. The third-order valence-electron chi connectivity index (χ3n) is 3.55. The summed E-state index contributed by atoms with van der Waals surface area (Å²) in [7, 11) is 0. The number of carbonyl (C=O) groups is 1. The Bertz CT molecular complexity index is 634. The van der Waals surface area contributed by atoms with Crippen molar-refractivity contribution in [3.63, 3.8) is 0 Å². The SMILES string of the molecule is C[C@@H](CCc1ccccc1)NC(=O)[C@@H](C)Sc1cccc[n+]1[O-]. The lowest BCUT2D eigenvalue weighted by atomic mass is 10.1. The van der Waals surface area contributed by atoms with Gasteiger partial charge in [0.1, 0.15) is 0 Å². The summed E-state index contributed by atoms with van der Waals surface area (Å²) in [6.07, 6.45) is 3.26. The molecule has 0 radical (unpaired) electrons. The van der Waals surface area contributed by atoms with Crippen LogP contribution in [-0.4, -0.2) is 17.2 Å². The number of benzene rings is 1. The van der Waals surface area contributed by atoms with Gasteiger partial charge >= 0.3 is 0 Å². The topological polar surface area (TPSA) is 56.0 Å². The fraction of sp³-hybridized carbons (Fsp3) is 0.333. The van der Waals surface area contributed by atoms with Gasteiger partial charge in [0.05, 0.1) is 5.25 Å². The Labute approximate surface area is 141 Å². The van der Waals surface area contributed by atoms with Crippen LogP contribution in [0.5, 0.6) is 0 Å². The predicted molar refractivity (Wildman–Crippen MR) is 93.1 cm³/mol. The average molecular weight is 330 g/mol. The molecule has 0 aliphatic carbocycles. The lowest BCUT2D eigenvalue weighted by molar-refractivity contribution is -0.645. The van der Waals surface area contributed by atoms with Gasteiger partial charge in [-0.25, -0.2) is 0 Å². The van der Waals surface area contributed by atoms with Gasteiger partial charge in [-0.1, -0.05) is 30.3 Å². The molecule has 23 heavy (non-hydrogen) atoms. The quantitative estimate of drug-likeness (QED) is 0.482. The summed E-state index contributed by atoms with van der Waals surface area (Å²) in [4.78, 5) is 12.2. The molecule has 1 aromatic carbocycles. The summed E-state index contributed by atoms with van der Waals surface area (Å²) < 4.78 is 0.785. The van der Waals surface area contributed by atoms with E-state index in [1.165, 1.54) is 23.5 Å². The Morgan fingerprint density at radius 1 is 1.17 bits per heavy atom. The van der Waals surface area contributed by atoms with Crippen LogP contribution in [0.2, 0.25) is 0 Å². The van der Waals surface area contributed by atoms with Crippen molar-refractivity contribution in [2.45, 2.75) is 43.0 Å². The molecule has 4 nitrogen and oxygen atoms in total. The van der Waals surface area contributed by atoms with Crippen LogP contribution in [0.3, 0.4) is 0 Å². The number of thioether (sulfide) groups is 1. The van der Waals surface area contributed by atoms with Crippen LogP contribution in [0, 0.1) is 5.21 Å². The van der Waals surface area contributed by atoms with Crippen LogP contribution in [0.1, 0.15) is 25.8 Å². The number of hydrogen-bond acceptors (Lipinski definition) is 3. The van der Waals surface area contributed by atoms with E-state index in [0.717, 1.165) is 17.6 Å². The molecule has 122 valence electrons. The van der Waals surface area contributed by atoms with Gasteiger partial charge in [0, 0.05) is 18.2 Å². The summed E-state index contributed by atoms with van der Waals surface area (Å²) in [5.41, 5.74) is 1.27. The molecule has 1 aromatic heterocycles. The maximum atomic E-state index is 12.2. The molecular weight excluding hydrogens is 308 g/mol. The number of rotatable bonds is 7. The van der Waals surface area contributed by atoms with E-state index in [0.29, 0.717) is 5.03 Å². The highest BCUT2D eigenvalue weighted by Crippen LogP contribution is 2.19. The van der Waals surface area contributed by atoms with Crippen LogP contribution in [-0.2, 0) is 11.2 Å². The van der Waals surface area contributed by atoms with Gasteiger partial charge in [-0.15, -0.1) is 0 Å². The summed E-state index contributed by atoms with van der Waals surface area (Å²) in [5, 5.41) is 14.9. The van der Waals surface area contributed by atoms with E-state index in [9.17, 15) is 10.0 Å². The first-order valence-corrected chi connectivity index (χ1v) is 8.63. The fourth-order valence-electron chi connectivity index (χ4n) is 2.20. The molecule has 1 amide bonds. The zero-order valence-corrected chi connectivity index (χ0v) is 14.3. The summed E-state index contributed by atoms with van der Waals surface area (Å²) >= 11 is 1.27. The normalized spacial score (nSPS) is 13.3. The average Bonchev–Trinajstić information content (AvgIpc) is 2.56. The molecule has 5 heteroatoms. The highest BCUT2D eigenvalue weighted by molar-refractivity contribution is 8.00. The van der Waals surface area contributed by atoms with Crippen molar-refractivity contribution in [3.8, 4) is 0 Å². The Balaban J connectivity index is 1.80. The molecule has 2 atom stereocenters. The molecule has 0 unspecified atom stereocenters. The third kappa shape index (κ3) is 5.60. The number of amides is 1. The Morgan fingerprint density at radius 3 is 2.57 bits per heavy atom. The lowest BCUT2D eigenvalue weighted by Crippen LogP contribution is -2.38. The van der Waals surface area contributed by atoms with Gasteiger partial charge in [-0.3, -0.25) is 4.79 Å². The molecule has 1 heterocycles. The molecule has 0 saturated heterocycles. The van der Waals surface area contributed by atoms with Crippen molar-refractivity contribution in [1.29, 1.82) is 0 Å². The van der Waals surface area contributed by atoms with Crippen LogP contribution >= 0.6 is 11.8 Å². The van der Waals surface area contributed by atoms with Crippen LogP contribution < -0.4 is 10.0 Å². The van der Waals surface area contributed by atoms with Crippen LogP contribution in [0.25, 0.3) is 0 Å². The minimum Gasteiger partial charge on any atom is -0.618 e. The largest absolute Gasteiger partial charge is 0.618 e. The second-order valence-corrected chi connectivity index (χ2v) is 6.92. The van der Waals surface area contributed by atoms with Crippen molar-refractivity contribution in [1.82, 2.24) is 5.32 Å². The predicted octanol–water partition coefficient (Wildman–Crippen LogP) is 2.94. The monoisotopic (exact) mass is 330 g/mol. The number of pyridine rings is 1. The van der Waals surface area contributed by atoms with E-state index < -0.39 is 0 Å². The molecule has 0 spiro atoms. The molecule has 1 N–H and O–H groups in total. The zero-order chi connectivity index (χ0) is 16.7. The molecule has 2 aromatic rings. The van der Waals surface area contributed by atoms with Crippen molar-refractivity contribution < 1.29 is 9.52 Å². The van der Waals surface area contributed by atoms with Gasteiger partial charge in [0.25, 0.3) is 5.03 Å². The zero-order valence-electron chi connectivity index (χ0n) is 13.4. The molecule has 0 aliphatic heterocycles. The molecule has 0 saturated carbocycles. The van der Waals surface area contributed by atoms with Gasteiger partial charge in [0.15, 0.2) is 6.20 Å². The first kappa shape index (κ1) is 17.3. The van der Waals surface area contributed by atoms with E-state index in [2.05, 4.69) is 17.4 Å². The maximum absolute atomic E-state index is 12.2. The van der Waals surface area contributed by atoms with E-state index >= 15 is 0 Å². The molecule has 2 rings (SSSR count). The smallest absolute Gasteiger partial charge is 0.252 e. The highest BCUT2D eigenvalue weighted by Gasteiger charge is 2.19. The number of nitrogens with one attached hydrogen (secondary N) is 1. The van der Waals surface area contributed by atoms with Crippen molar-refractivity contribution in [3.05, 3.63) is 65.5 Å². The van der Waals surface area contributed by atoms with Crippen LogP contribution in [0.4, 0.5) is 0 Å². The van der Waals surface area contributed by atoms with E-state index in [1.807, 2.05) is 32.0 Å². The van der Waals surface area contributed by atoms with Gasteiger partial charge in [-0.2, -0.15) is 4.73 Å². The molecular formula is C18H22N2O2S. The molecule has 0 fully saturated rings. The van der Waals surface area contributed by atoms with Crippen molar-refractivity contribution in [2.75, 3.05) is 0 Å². The standard InChI is InChI=1S/C18H22N2O2S/c1-14(11-12-16-8-4-3-5-9-16)19-18(21)15(2)23-17-10-6-7-13-20(17)22/h3-10,13-15H,11-12H2,1-2H3,(H,19,21)/t14-,15+/m0/s1. The number of carbonyl (C=O) groups excluding carboxylic acids is 1. The Morgan fingerprint density at radius 2 is 1.87 bits per heavy atom. The number of aryl methyl sites for hydroxylation is 1. The first-order valence-electron chi connectivity index (χ1n) is 7.75. The molecule has 0 aliphatic rings. The minimum atomic E-state index is -0.309. The number of aromatic nitrogens is 1. The third-order valence-corrected chi connectivity index (χ3v) is 4.68. The Kier molecular flexibility index (Phi) is 6.47. The summed E-state index contributed by atoms with van der Waals surface area (Å²) in [5.74, 6) is -0.0422. The van der Waals surface area contributed by atoms with Crippen molar-refractivity contribution in [2.24, 2.45) is 0 Å². The number of hydrogen-bond donors (Lipinski definition) is 1. The highest BCUT2D eigenvalue weighted by atomic mass is 32.2. The minimum absolute atomic E-state index is 0.0422. The fourth-order valence-corrected chi connectivity index (χ4v) is 3.06. The van der Waals surface area contributed by atoms with E-state index in [-0.39, 0.29) is 17.2 Å². The maximum Gasteiger partial charge on any atom is 0.252 e. The summed E-state index contributed by atoms with van der Waals surface area (Å²) in [6.45, 7) is 3.82. The van der Waals surface area contributed by atoms with Crippen molar-refractivity contribution >= 4 is 17.7 Å². The number of nitrogens with zero attached hydrogens (tertiary/aromatic N) is 1. The van der Waals surface area contributed by atoms with Gasteiger partial charge in [-0.05, 0) is 50.1 Å². The van der Waals surface area contributed by atoms with Gasteiger partial charge in [0.2, 0.25) is 5.91 Å². The Hall–Kier alpha value is -2.01. The van der Waals surface area contributed by atoms with E-state index in [1.54, 1.807) is 18.2 Å². The van der Waals surface area contributed by atoms with E-state index in [4.69, 9.17) is 0 Å². The lowest BCUT2D eigenvalue weighted by Gasteiger charge is -2.17. The van der Waals surface area contributed by atoms with Crippen LogP contribution in [0.15, 0.2) is 59.8 Å². The molecule has 0 bridgehead atoms.